The number of nitrogens with zero attached hydrogens (tertiary/aromatic N) is 1. The third-order valence-corrected chi connectivity index (χ3v) is 4.33. The Kier molecular flexibility index (Phi) is 3.98. The zero-order valence-electron chi connectivity index (χ0n) is 11.4. The molecule has 0 radical (unpaired) electrons. The van der Waals surface area contributed by atoms with Gasteiger partial charge in [-0.1, -0.05) is 12.1 Å². The second kappa shape index (κ2) is 5.89. The van der Waals surface area contributed by atoms with Gasteiger partial charge in [0.2, 0.25) is 5.91 Å². The number of carbonyl (C=O) groups excluding carboxylic acids is 1. The molecule has 20 heavy (non-hydrogen) atoms. The predicted octanol–water partition coefficient (Wildman–Crippen LogP) is 1.45. The van der Waals surface area contributed by atoms with Gasteiger partial charge in [-0.3, -0.25) is 4.79 Å². The van der Waals surface area contributed by atoms with Crippen LogP contribution in [0, 0.1) is 11.7 Å². The van der Waals surface area contributed by atoms with Crippen LogP contribution >= 0.6 is 0 Å². The van der Waals surface area contributed by atoms with Crippen molar-refractivity contribution in [2.24, 2.45) is 5.92 Å². The lowest BCUT2D eigenvalue weighted by Crippen LogP contribution is -2.57. The van der Waals surface area contributed by atoms with Crippen LogP contribution in [0.3, 0.4) is 0 Å². The maximum absolute atomic E-state index is 13.4. The summed E-state index contributed by atoms with van der Waals surface area (Å²) < 4.78 is 13.4. The fraction of sp³-hybridized carbons (Fsp3) is 0.533. The number of para-hydroxylation sites is 1. The van der Waals surface area contributed by atoms with Gasteiger partial charge in [0, 0.05) is 12.6 Å². The standard InChI is InChI=1S/C15H20FN3O/c16-12-3-1-2-4-13(12)18-15(20)9-17-14-10-19-7-5-11(14)6-8-19/h1-4,11,14,17H,5-10H2,(H,18,20). The highest BCUT2D eigenvalue weighted by molar-refractivity contribution is 5.92. The van der Waals surface area contributed by atoms with Gasteiger partial charge in [-0.05, 0) is 44.0 Å². The lowest BCUT2D eigenvalue weighted by atomic mass is 9.84. The monoisotopic (exact) mass is 277 g/mol. The summed E-state index contributed by atoms with van der Waals surface area (Å²) in [4.78, 5) is 14.3. The van der Waals surface area contributed by atoms with Crippen LogP contribution in [0.25, 0.3) is 0 Å². The molecule has 1 aromatic carbocycles. The molecule has 0 aliphatic carbocycles. The summed E-state index contributed by atoms with van der Waals surface area (Å²) in [7, 11) is 0. The molecule has 0 spiro atoms. The Bertz CT molecular complexity index is 486. The van der Waals surface area contributed by atoms with Gasteiger partial charge in [0.15, 0.2) is 0 Å². The molecule has 3 fully saturated rings. The number of halogens is 1. The van der Waals surface area contributed by atoms with E-state index in [1.807, 2.05) is 0 Å². The molecule has 108 valence electrons. The molecule has 1 amide bonds. The highest BCUT2D eigenvalue weighted by Gasteiger charge is 2.33. The zero-order valence-corrected chi connectivity index (χ0v) is 11.4. The van der Waals surface area contributed by atoms with Crippen LogP contribution < -0.4 is 10.6 Å². The molecule has 3 heterocycles. The topological polar surface area (TPSA) is 44.4 Å². The molecular weight excluding hydrogens is 257 g/mol. The van der Waals surface area contributed by atoms with Gasteiger partial charge in [-0.25, -0.2) is 4.39 Å². The summed E-state index contributed by atoms with van der Waals surface area (Å²) in [6.45, 7) is 3.63. The highest BCUT2D eigenvalue weighted by atomic mass is 19.1. The SMILES string of the molecule is O=C(CNC1CN2CCC1CC2)Nc1ccccc1F. The average molecular weight is 277 g/mol. The molecule has 3 saturated heterocycles. The summed E-state index contributed by atoms with van der Waals surface area (Å²) in [5, 5.41) is 5.92. The van der Waals surface area contributed by atoms with Crippen molar-refractivity contribution >= 4 is 11.6 Å². The van der Waals surface area contributed by atoms with Crippen molar-refractivity contribution in [3.63, 3.8) is 0 Å². The fourth-order valence-electron chi connectivity index (χ4n) is 3.18. The summed E-state index contributed by atoms with van der Waals surface area (Å²) in [6.07, 6.45) is 2.43. The largest absolute Gasteiger partial charge is 0.322 e. The van der Waals surface area contributed by atoms with E-state index in [2.05, 4.69) is 15.5 Å². The van der Waals surface area contributed by atoms with E-state index in [0.29, 0.717) is 12.0 Å². The zero-order chi connectivity index (χ0) is 13.9. The Labute approximate surface area is 118 Å². The quantitative estimate of drug-likeness (QED) is 0.875. The van der Waals surface area contributed by atoms with Crippen LogP contribution in [0.2, 0.25) is 0 Å². The molecule has 4 rings (SSSR count). The summed E-state index contributed by atoms with van der Waals surface area (Å²) in [5.74, 6) is 0.0940. The first-order chi connectivity index (χ1) is 9.72. The number of benzene rings is 1. The number of carbonyl (C=O) groups is 1. The smallest absolute Gasteiger partial charge is 0.238 e. The Hall–Kier alpha value is -1.46. The van der Waals surface area contributed by atoms with E-state index in [9.17, 15) is 9.18 Å². The molecule has 5 heteroatoms. The second-order valence-corrected chi connectivity index (χ2v) is 5.65. The van der Waals surface area contributed by atoms with Gasteiger partial charge in [-0.2, -0.15) is 0 Å². The van der Waals surface area contributed by atoms with Crippen molar-refractivity contribution < 1.29 is 9.18 Å². The van der Waals surface area contributed by atoms with Gasteiger partial charge in [0.05, 0.1) is 12.2 Å². The molecule has 1 aromatic rings. The maximum Gasteiger partial charge on any atom is 0.238 e. The second-order valence-electron chi connectivity index (χ2n) is 5.65. The molecule has 1 unspecified atom stereocenters. The number of hydrogen-bond acceptors (Lipinski definition) is 3. The molecular formula is C15H20FN3O. The number of nitrogens with one attached hydrogen (secondary N) is 2. The number of piperidine rings is 3. The molecule has 1 atom stereocenters. The molecule has 2 N–H and O–H groups in total. The van der Waals surface area contributed by atoms with Crippen LogP contribution in [0.15, 0.2) is 24.3 Å². The van der Waals surface area contributed by atoms with E-state index in [-0.39, 0.29) is 18.1 Å². The van der Waals surface area contributed by atoms with Crippen LogP contribution in [0.4, 0.5) is 10.1 Å². The number of hydrogen-bond donors (Lipinski definition) is 2. The molecule has 2 bridgehead atoms. The lowest BCUT2D eigenvalue weighted by molar-refractivity contribution is -0.115. The third kappa shape index (κ3) is 2.99. The first-order valence-corrected chi connectivity index (χ1v) is 7.22. The fourth-order valence-corrected chi connectivity index (χ4v) is 3.18. The Morgan fingerprint density at radius 2 is 2.05 bits per heavy atom. The highest BCUT2D eigenvalue weighted by Crippen LogP contribution is 2.27. The summed E-state index contributed by atoms with van der Waals surface area (Å²) in [5.41, 5.74) is 0.244. The van der Waals surface area contributed by atoms with Crippen molar-refractivity contribution in [1.82, 2.24) is 10.2 Å². The third-order valence-electron chi connectivity index (χ3n) is 4.33. The van der Waals surface area contributed by atoms with Crippen LogP contribution in [0.1, 0.15) is 12.8 Å². The van der Waals surface area contributed by atoms with Crippen molar-refractivity contribution in [2.75, 3.05) is 31.5 Å². The molecule has 3 aliphatic rings. The number of fused-ring (bicyclic) bond motifs is 3. The van der Waals surface area contributed by atoms with E-state index in [0.717, 1.165) is 6.54 Å². The number of amides is 1. The number of rotatable bonds is 4. The summed E-state index contributed by atoms with van der Waals surface area (Å²) >= 11 is 0. The molecule has 0 saturated carbocycles. The van der Waals surface area contributed by atoms with Gasteiger partial charge < -0.3 is 15.5 Å². The van der Waals surface area contributed by atoms with E-state index < -0.39 is 5.82 Å². The first-order valence-electron chi connectivity index (χ1n) is 7.22. The van der Waals surface area contributed by atoms with Crippen LogP contribution in [-0.2, 0) is 4.79 Å². The normalized spacial score (nSPS) is 28.4. The van der Waals surface area contributed by atoms with E-state index in [1.54, 1.807) is 18.2 Å². The minimum absolute atomic E-state index is 0.188. The van der Waals surface area contributed by atoms with E-state index >= 15 is 0 Å². The first kappa shape index (κ1) is 13.5. The minimum atomic E-state index is -0.399. The predicted molar refractivity (Wildman–Crippen MR) is 76.0 cm³/mol. The molecule has 3 aliphatic heterocycles. The van der Waals surface area contributed by atoms with Gasteiger partial charge in [0.25, 0.3) is 0 Å². The van der Waals surface area contributed by atoms with Crippen molar-refractivity contribution in [1.29, 1.82) is 0 Å². The molecule has 0 aromatic heterocycles. The minimum Gasteiger partial charge on any atom is -0.322 e. The average Bonchev–Trinajstić information content (AvgIpc) is 2.49. The van der Waals surface area contributed by atoms with Gasteiger partial charge in [-0.15, -0.1) is 0 Å². The Morgan fingerprint density at radius 3 is 2.70 bits per heavy atom. The lowest BCUT2D eigenvalue weighted by Gasteiger charge is -2.45. The van der Waals surface area contributed by atoms with Crippen LogP contribution in [-0.4, -0.2) is 43.0 Å². The van der Waals surface area contributed by atoms with E-state index in [4.69, 9.17) is 0 Å². The van der Waals surface area contributed by atoms with E-state index in [1.165, 1.54) is 32.0 Å². The van der Waals surface area contributed by atoms with Gasteiger partial charge >= 0.3 is 0 Å². The summed E-state index contributed by atoms with van der Waals surface area (Å²) in [6, 6.07) is 6.62. The maximum atomic E-state index is 13.4. The van der Waals surface area contributed by atoms with Crippen molar-refractivity contribution in [3.8, 4) is 0 Å². The van der Waals surface area contributed by atoms with Gasteiger partial charge in [0.1, 0.15) is 5.82 Å². The molecule has 4 nitrogen and oxygen atoms in total. The van der Waals surface area contributed by atoms with Crippen molar-refractivity contribution in [2.45, 2.75) is 18.9 Å². The number of anilines is 1. The van der Waals surface area contributed by atoms with Crippen LogP contribution in [0.5, 0.6) is 0 Å². The Balaban J connectivity index is 1.49. The Morgan fingerprint density at radius 1 is 1.30 bits per heavy atom. The van der Waals surface area contributed by atoms with Crippen molar-refractivity contribution in [3.05, 3.63) is 30.1 Å².